The molecule has 0 saturated carbocycles. The third-order valence-electron chi connectivity index (χ3n) is 2.59. The van der Waals surface area contributed by atoms with Gasteiger partial charge in [-0.15, -0.1) is 0 Å². The van der Waals surface area contributed by atoms with E-state index >= 15 is 0 Å². The SMILES string of the molecule is COc1ccc(C(O)C(C)NC(C)C)cc1F. The number of halogens is 1. The zero-order chi connectivity index (χ0) is 13.0. The van der Waals surface area contributed by atoms with Crippen molar-refractivity contribution in [3.63, 3.8) is 0 Å². The summed E-state index contributed by atoms with van der Waals surface area (Å²) in [6.07, 6.45) is -0.738. The summed E-state index contributed by atoms with van der Waals surface area (Å²) in [7, 11) is 1.41. The number of rotatable bonds is 5. The van der Waals surface area contributed by atoms with Crippen molar-refractivity contribution in [2.75, 3.05) is 7.11 Å². The van der Waals surface area contributed by atoms with Crippen LogP contribution in [0.1, 0.15) is 32.4 Å². The normalized spacial score (nSPS) is 14.8. The second kappa shape index (κ2) is 5.98. The lowest BCUT2D eigenvalue weighted by Crippen LogP contribution is -2.37. The van der Waals surface area contributed by atoms with E-state index in [1.807, 2.05) is 20.8 Å². The molecular weight excluding hydrogens is 221 g/mol. The molecule has 1 aromatic rings. The first-order valence-corrected chi connectivity index (χ1v) is 5.73. The fraction of sp³-hybridized carbons (Fsp3) is 0.538. The van der Waals surface area contributed by atoms with Crippen LogP contribution in [0.4, 0.5) is 4.39 Å². The van der Waals surface area contributed by atoms with Gasteiger partial charge in [-0.3, -0.25) is 0 Å². The van der Waals surface area contributed by atoms with E-state index in [-0.39, 0.29) is 17.8 Å². The standard InChI is InChI=1S/C13H20FNO2/c1-8(2)15-9(3)13(16)10-5-6-12(17-4)11(14)7-10/h5-9,13,15-16H,1-4H3. The van der Waals surface area contributed by atoms with Gasteiger partial charge in [-0.05, 0) is 24.6 Å². The van der Waals surface area contributed by atoms with Gasteiger partial charge in [0.05, 0.1) is 13.2 Å². The van der Waals surface area contributed by atoms with Crippen LogP contribution in [0.25, 0.3) is 0 Å². The molecule has 0 bridgehead atoms. The zero-order valence-electron chi connectivity index (χ0n) is 10.7. The van der Waals surface area contributed by atoms with Crippen molar-refractivity contribution in [1.29, 1.82) is 0 Å². The molecule has 0 heterocycles. The quantitative estimate of drug-likeness (QED) is 0.830. The molecule has 0 fully saturated rings. The molecule has 0 aliphatic heterocycles. The van der Waals surface area contributed by atoms with Crippen LogP contribution >= 0.6 is 0 Å². The highest BCUT2D eigenvalue weighted by Gasteiger charge is 2.18. The number of nitrogens with one attached hydrogen (secondary N) is 1. The van der Waals surface area contributed by atoms with Crippen LogP contribution in [-0.2, 0) is 0 Å². The number of hydrogen-bond acceptors (Lipinski definition) is 3. The lowest BCUT2D eigenvalue weighted by atomic mass is 10.0. The third-order valence-corrected chi connectivity index (χ3v) is 2.59. The molecule has 17 heavy (non-hydrogen) atoms. The van der Waals surface area contributed by atoms with Crippen LogP contribution in [0.2, 0.25) is 0 Å². The molecule has 0 aliphatic rings. The van der Waals surface area contributed by atoms with E-state index in [0.717, 1.165) is 0 Å². The van der Waals surface area contributed by atoms with E-state index in [1.54, 1.807) is 6.07 Å². The average Bonchev–Trinajstić information content (AvgIpc) is 2.27. The highest BCUT2D eigenvalue weighted by atomic mass is 19.1. The van der Waals surface area contributed by atoms with E-state index in [4.69, 9.17) is 4.74 Å². The molecule has 0 saturated heterocycles. The maximum absolute atomic E-state index is 13.5. The molecule has 0 aromatic heterocycles. The second-order valence-corrected chi connectivity index (χ2v) is 4.45. The number of hydrogen-bond donors (Lipinski definition) is 2. The van der Waals surface area contributed by atoms with Gasteiger partial charge in [0.2, 0.25) is 0 Å². The topological polar surface area (TPSA) is 41.5 Å². The average molecular weight is 241 g/mol. The van der Waals surface area contributed by atoms with Gasteiger partial charge in [-0.1, -0.05) is 19.9 Å². The van der Waals surface area contributed by atoms with Crippen LogP contribution in [0.5, 0.6) is 5.75 Å². The Kier molecular flexibility index (Phi) is 4.90. The molecule has 1 aromatic carbocycles. The molecule has 0 spiro atoms. The Labute approximate surface area is 102 Å². The highest BCUT2D eigenvalue weighted by molar-refractivity contribution is 5.30. The predicted octanol–water partition coefficient (Wildman–Crippen LogP) is 2.25. The van der Waals surface area contributed by atoms with Crippen molar-refractivity contribution in [2.24, 2.45) is 0 Å². The van der Waals surface area contributed by atoms with E-state index in [2.05, 4.69) is 5.32 Å². The molecule has 0 radical (unpaired) electrons. The predicted molar refractivity (Wildman–Crippen MR) is 65.6 cm³/mol. The Bertz CT molecular complexity index is 368. The minimum atomic E-state index is -0.738. The van der Waals surface area contributed by atoms with Gasteiger partial charge < -0.3 is 15.2 Å². The fourth-order valence-electron chi connectivity index (χ4n) is 1.77. The molecule has 2 unspecified atom stereocenters. The molecule has 2 N–H and O–H groups in total. The van der Waals surface area contributed by atoms with Crippen molar-refractivity contribution >= 4 is 0 Å². The smallest absolute Gasteiger partial charge is 0.165 e. The van der Waals surface area contributed by atoms with Gasteiger partial charge in [0, 0.05) is 12.1 Å². The summed E-state index contributed by atoms with van der Waals surface area (Å²) in [5.74, 6) is -0.272. The third kappa shape index (κ3) is 3.68. The van der Waals surface area contributed by atoms with E-state index in [9.17, 15) is 9.50 Å². The van der Waals surface area contributed by atoms with E-state index in [1.165, 1.54) is 19.2 Å². The lowest BCUT2D eigenvalue weighted by Gasteiger charge is -2.23. The summed E-state index contributed by atoms with van der Waals surface area (Å²) in [4.78, 5) is 0. The van der Waals surface area contributed by atoms with Crippen molar-refractivity contribution < 1.29 is 14.2 Å². The minimum absolute atomic E-state index is 0.136. The Morgan fingerprint density at radius 2 is 1.94 bits per heavy atom. The molecule has 0 aliphatic carbocycles. The molecule has 0 amide bonds. The lowest BCUT2D eigenvalue weighted by molar-refractivity contribution is 0.131. The number of aliphatic hydroxyl groups excluding tert-OH is 1. The van der Waals surface area contributed by atoms with Gasteiger partial charge in [0.15, 0.2) is 11.6 Å². The number of aliphatic hydroxyl groups is 1. The van der Waals surface area contributed by atoms with Crippen LogP contribution in [0.3, 0.4) is 0 Å². The first kappa shape index (κ1) is 13.9. The molecule has 96 valence electrons. The van der Waals surface area contributed by atoms with E-state index < -0.39 is 11.9 Å². The summed E-state index contributed by atoms with van der Waals surface area (Å²) < 4.78 is 18.3. The van der Waals surface area contributed by atoms with Crippen LogP contribution in [0, 0.1) is 5.82 Å². The molecule has 2 atom stereocenters. The Morgan fingerprint density at radius 3 is 2.41 bits per heavy atom. The summed E-state index contributed by atoms with van der Waals surface area (Å²) in [6, 6.07) is 4.63. The largest absolute Gasteiger partial charge is 0.494 e. The van der Waals surface area contributed by atoms with Gasteiger partial charge in [-0.2, -0.15) is 0 Å². The zero-order valence-corrected chi connectivity index (χ0v) is 10.7. The van der Waals surface area contributed by atoms with Crippen molar-refractivity contribution in [3.05, 3.63) is 29.6 Å². The first-order chi connectivity index (χ1) is 7.95. The van der Waals surface area contributed by atoms with Crippen molar-refractivity contribution in [2.45, 2.75) is 39.0 Å². The Hall–Kier alpha value is -1.13. The van der Waals surface area contributed by atoms with Gasteiger partial charge in [-0.25, -0.2) is 4.39 Å². The molecule has 4 heteroatoms. The maximum atomic E-state index is 13.5. The second-order valence-electron chi connectivity index (χ2n) is 4.45. The van der Waals surface area contributed by atoms with Crippen LogP contribution in [0.15, 0.2) is 18.2 Å². The fourth-order valence-corrected chi connectivity index (χ4v) is 1.77. The molecule has 1 rings (SSSR count). The van der Waals surface area contributed by atoms with Gasteiger partial charge >= 0.3 is 0 Å². The van der Waals surface area contributed by atoms with Gasteiger partial charge in [0.25, 0.3) is 0 Å². The summed E-state index contributed by atoms with van der Waals surface area (Å²) in [6.45, 7) is 5.86. The van der Waals surface area contributed by atoms with Crippen LogP contribution < -0.4 is 10.1 Å². The molecular formula is C13H20FNO2. The van der Waals surface area contributed by atoms with Crippen molar-refractivity contribution in [1.82, 2.24) is 5.32 Å². The monoisotopic (exact) mass is 241 g/mol. The number of methoxy groups -OCH3 is 1. The van der Waals surface area contributed by atoms with Gasteiger partial charge in [0.1, 0.15) is 0 Å². The number of ether oxygens (including phenoxy) is 1. The van der Waals surface area contributed by atoms with Crippen molar-refractivity contribution in [3.8, 4) is 5.75 Å². The summed E-state index contributed by atoms with van der Waals surface area (Å²) in [5, 5.41) is 13.2. The van der Waals surface area contributed by atoms with Crippen LogP contribution in [-0.4, -0.2) is 24.3 Å². The van der Waals surface area contributed by atoms with E-state index in [0.29, 0.717) is 5.56 Å². The Morgan fingerprint density at radius 1 is 1.29 bits per heavy atom. The summed E-state index contributed by atoms with van der Waals surface area (Å²) in [5.41, 5.74) is 0.545. The minimum Gasteiger partial charge on any atom is -0.494 e. The summed E-state index contributed by atoms with van der Waals surface area (Å²) >= 11 is 0. The Balaban J connectivity index is 2.82. The first-order valence-electron chi connectivity index (χ1n) is 5.73. The maximum Gasteiger partial charge on any atom is 0.165 e. The molecule has 3 nitrogen and oxygen atoms in total. The number of benzene rings is 1. The highest BCUT2D eigenvalue weighted by Crippen LogP contribution is 2.23.